The molecule has 29 heavy (non-hydrogen) atoms. The average molecular weight is 385 g/mol. The van der Waals surface area contributed by atoms with Crippen molar-refractivity contribution in [1.82, 2.24) is 4.98 Å². The summed E-state index contributed by atoms with van der Waals surface area (Å²) in [6, 6.07) is 23.6. The van der Waals surface area contributed by atoms with Crippen LogP contribution in [0.15, 0.2) is 78.9 Å². The molecule has 1 N–H and O–H groups in total. The smallest absolute Gasteiger partial charge is 0.163 e. The number of aromatic nitrogens is 1. The van der Waals surface area contributed by atoms with Crippen molar-refractivity contribution in [2.75, 3.05) is 6.61 Å². The first-order valence-electron chi connectivity index (χ1n) is 9.56. The fourth-order valence-electron chi connectivity index (χ4n) is 3.43. The molecule has 0 aliphatic heterocycles. The molecule has 0 atom stereocenters. The first-order valence-corrected chi connectivity index (χ1v) is 9.56. The molecule has 4 aromatic rings. The van der Waals surface area contributed by atoms with Crippen LogP contribution in [0.2, 0.25) is 0 Å². The maximum atomic E-state index is 13.5. The number of para-hydroxylation sites is 1. The van der Waals surface area contributed by atoms with E-state index in [1.54, 1.807) is 6.07 Å². The Morgan fingerprint density at radius 2 is 1.62 bits per heavy atom. The number of carbonyl (C=O) groups excluding carboxylic acids is 1. The van der Waals surface area contributed by atoms with E-state index in [0.717, 1.165) is 27.6 Å². The summed E-state index contributed by atoms with van der Waals surface area (Å²) in [5, 5.41) is 9.87. The molecule has 0 aliphatic carbocycles. The number of benzene rings is 3. The van der Waals surface area contributed by atoms with E-state index in [0.29, 0.717) is 24.1 Å². The lowest BCUT2D eigenvalue weighted by atomic mass is 9.98. The number of hydrogen-bond acceptors (Lipinski definition) is 3. The van der Waals surface area contributed by atoms with E-state index >= 15 is 0 Å². The number of halogens is 1. The van der Waals surface area contributed by atoms with Crippen LogP contribution >= 0.6 is 0 Å². The van der Waals surface area contributed by atoms with Gasteiger partial charge in [0.25, 0.3) is 0 Å². The number of pyridine rings is 1. The van der Waals surface area contributed by atoms with Gasteiger partial charge in [-0.3, -0.25) is 4.79 Å². The van der Waals surface area contributed by atoms with Gasteiger partial charge in [0.1, 0.15) is 5.82 Å². The first kappa shape index (κ1) is 19.0. The molecule has 0 aliphatic rings. The van der Waals surface area contributed by atoms with E-state index in [-0.39, 0.29) is 18.2 Å². The van der Waals surface area contributed by atoms with Gasteiger partial charge in [-0.1, -0.05) is 54.6 Å². The quantitative estimate of drug-likeness (QED) is 0.436. The fourth-order valence-corrected chi connectivity index (χ4v) is 3.43. The first-order chi connectivity index (χ1) is 14.2. The largest absolute Gasteiger partial charge is 0.396 e. The van der Waals surface area contributed by atoms with Crippen LogP contribution in [0.1, 0.15) is 23.2 Å². The lowest BCUT2D eigenvalue weighted by Gasteiger charge is -2.10. The maximum Gasteiger partial charge on any atom is 0.163 e. The predicted octanol–water partition coefficient (Wildman–Crippen LogP) is 5.66. The van der Waals surface area contributed by atoms with Gasteiger partial charge in [0.05, 0.1) is 11.2 Å². The molecule has 0 unspecified atom stereocenters. The third-order valence-corrected chi connectivity index (χ3v) is 4.92. The molecule has 3 nitrogen and oxygen atoms in total. The van der Waals surface area contributed by atoms with Crippen molar-refractivity contribution in [3.05, 3.63) is 90.2 Å². The lowest BCUT2D eigenvalue weighted by molar-refractivity contribution is 0.0973. The summed E-state index contributed by atoms with van der Waals surface area (Å²) in [5.74, 6) is -0.274. The number of carbonyl (C=O) groups is 1. The molecule has 4 heteroatoms. The van der Waals surface area contributed by atoms with Gasteiger partial charge in [-0.25, -0.2) is 9.37 Å². The molecule has 0 radical (unpaired) electrons. The normalized spacial score (nSPS) is 11.0. The summed E-state index contributed by atoms with van der Waals surface area (Å²) in [4.78, 5) is 17.4. The minimum Gasteiger partial charge on any atom is -0.396 e. The Hall–Kier alpha value is -3.37. The molecule has 0 spiro atoms. The van der Waals surface area contributed by atoms with Gasteiger partial charge < -0.3 is 5.11 Å². The van der Waals surface area contributed by atoms with E-state index < -0.39 is 0 Å². The number of Topliss-reactive ketones (excluding diaryl/α,β-unsaturated/α-hetero) is 1. The Kier molecular flexibility index (Phi) is 5.45. The molecule has 0 fully saturated rings. The summed E-state index contributed by atoms with van der Waals surface area (Å²) in [5.41, 5.74) is 4.69. The van der Waals surface area contributed by atoms with Crippen molar-refractivity contribution in [1.29, 1.82) is 0 Å². The van der Waals surface area contributed by atoms with E-state index in [1.807, 2.05) is 60.7 Å². The SMILES string of the molecule is O=C(CCCO)c1cc(-c2ccc(-c3cccc(F)c3)cc2)nc2ccccc12. The molecule has 1 heterocycles. The Labute approximate surface area is 168 Å². The molecule has 4 rings (SSSR count). The minimum atomic E-state index is -0.270. The summed E-state index contributed by atoms with van der Waals surface area (Å²) in [6.07, 6.45) is 0.732. The van der Waals surface area contributed by atoms with Crippen molar-refractivity contribution in [2.45, 2.75) is 12.8 Å². The van der Waals surface area contributed by atoms with Crippen molar-refractivity contribution in [2.24, 2.45) is 0 Å². The molecule has 0 saturated heterocycles. The zero-order chi connectivity index (χ0) is 20.2. The molecule has 0 saturated carbocycles. The van der Waals surface area contributed by atoms with E-state index in [2.05, 4.69) is 0 Å². The second-order valence-electron chi connectivity index (χ2n) is 6.91. The van der Waals surface area contributed by atoms with Crippen LogP contribution in [0.5, 0.6) is 0 Å². The van der Waals surface area contributed by atoms with Crippen LogP contribution in [-0.2, 0) is 0 Å². The van der Waals surface area contributed by atoms with Crippen molar-refractivity contribution >= 4 is 16.7 Å². The van der Waals surface area contributed by atoms with Crippen LogP contribution in [0, 0.1) is 5.82 Å². The number of hydrogen-bond donors (Lipinski definition) is 1. The average Bonchev–Trinajstić information content (AvgIpc) is 2.77. The summed E-state index contributed by atoms with van der Waals surface area (Å²) < 4.78 is 13.5. The minimum absolute atomic E-state index is 0.00437. The molecule has 3 aromatic carbocycles. The molecular formula is C25H20FNO2. The number of aliphatic hydroxyl groups excluding tert-OH is 1. The zero-order valence-electron chi connectivity index (χ0n) is 15.8. The number of nitrogens with zero attached hydrogens (tertiary/aromatic N) is 1. The topological polar surface area (TPSA) is 50.2 Å². The van der Waals surface area contributed by atoms with E-state index in [4.69, 9.17) is 10.1 Å². The Morgan fingerprint density at radius 3 is 2.38 bits per heavy atom. The highest BCUT2D eigenvalue weighted by Gasteiger charge is 2.14. The predicted molar refractivity (Wildman–Crippen MR) is 113 cm³/mol. The molecular weight excluding hydrogens is 365 g/mol. The molecule has 0 amide bonds. The molecule has 1 aromatic heterocycles. The Bertz CT molecular complexity index is 1170. The van der Waals surface area contributed by atoms with Gasteiger partial charge in [-0.05, 0) is 41.8 Å². The van der Waals surface area contributed by atoms with E-state index in [9.17, 15) is 9.18 Å². The monoisotopic (exact) mass is 385 g/mol. The summed E-state index contributed by atoms with van der Waals surface area (Å²) >= 11 is 0. The van der Waals surface area contributed by atoms with Gasteiger partial charge in [0.2, 0.25) is 0 Å². The Morgan fingerprint density at radius 1 is 0.862 bits per heavy atom. The van der Waals surface area contributed by atoms with Gasteiger partial charge in [-0.15, -0.1) is 0 Å². The standard InChI is InChI=1S/C25H20FNO2/c26-20-6-3-5-19(15-20)17-10-12-18(13-11-17)24-16-22(25(29)9-4-14-28)21-7-1-2-8-23(21)27-24/h1-3,5-8,10-13,15-16,28H,4,9,14H2. The third-order valence-electron chi connectivity index (χ3n) is 4.92. The van der Waals surface area contributed by atoms with Gasteiger partial charge in [0.15, 0.2) is 5.78 Å². The van der Waals surface area contributed by atoms with Crippen LogP contribution in [0.4, 0.5) is 4.39 Å². The lowest BCUT2D eigenvalue weighted by Crippen LogP contribution is -2.03. The maximum absolute atomic E-state index is 13.5. The second kappa shape index (κ2) is 8.33. The van der Waals surface area contributed by atoms with E-state index in [1.165, 1.54) is 12.1 Å². The summed E-state index contributed by atoms with van der Waals surface area (Å²) in [6.45, 7) is -0.0108. The number of ketones is 1. The third kappa shape index (κ3) is 4.08. The van der Waals surface area contributed by atoms with Crippen LogP contribution in [0.3, 0.4) is 0 Å². The highest BCUT2D eigenvalue weighted by molar-refractivity contribution is 6.08. The van der Waals surface area contributed by atoms with Gasteiger partial charge in [-0.2, -0.15) is 0 Å². The second-order valence-corrected chi connectivity index (χ2v) is 6.91. The zero-order valence-corrected chi connectivity index (χ0v) is 15.8. The molecule has 0 bridgehead atoms. The van der Waals surface area contributed by atoms with Crippen molar-refractivity contribution < 1.29 is 14.3 Å². The number of fused-ring (bicyclic) bond motifs is 1. The number of rotatable bonds is 6. The van der Waals surface area contributed by atoms with Crippen molar-refractivity contribution in [3.63, 3.8) is 0 Å². The van der Waals surface area contributed by atoms with Crippen LogP contribution in [0.25, 0.3) is 33.3 Å². The van der Waals surface area contributed by atoms with Gasteiger partial charge >= 0.3 is 0 Å². The van der Waals surface area contributed by atoms with Gasteiger partial charge in [0, 0.05) is 29.5 Å². The van der Waals surface area contributed by atoms with Crippen LogP contribution in [-0.4, -0.2) is 22.5 Å². The fraction of sp³-hybridized carbons (Fsp3) is 0.120. The highest BCUT2D eigenvalue weighted by Crippen LogP contribution is 2.28. The van der Waals surface area contributed by atoms with Crippen molar-refractivity contribution in [3.8, 4) is 22.4 Å². The van der Waals surface area contributed by atoms with Crippen LogP contribution < -0.4 is 0 Å². The Balaban J connectivity index is 1.74. The molecule has 144 valence electrons. The number of aliphatic hydroxyl groups is 1. The summed E-state index contributed by atoms with van der Waals surface area (Å²) in [7, 11) is 0. The highest BCUT2D eigenvalue weighted by atomic mass is 19.1.